The molecular weight excluding hydrogens is 291 g/mol. The zero-order chi connectivity index (χ0) is 15.9. The predicted octanol–water partition coefficient (Wildman–Crippen LogP) is 1.99. The third-order valence-corrected chi connectivity index (χ3v) is 2.92. The van der Waals surface area contributed by atoms with Crippen molar-refractivity contribution < 1.29 is 23.5 Å². The molecule has 1 aromatic heterocycles. The third kappa shape index (κ3) is 4.71. The number of benzene rings is 1. The summed E-state index contributed by atoms with van der Waals surface area (Å²) in [6.45, 7) is 0.202. The van der Waals surface area contributed by atoms with E-state index in [0.717, 1.165) is 0 Å². The summed E-state index contributed by atoms with van der Waals surface area (Å²) in [5.41, 5.74) is 0.404. The molecule has 0 fully saturated rings. The highest BCUT2D eigenvalue weighted by Crippen LogP contribution is 2.09. The Balaban J connectivity index is 1.88. The van der Waals surface area contributed by atoms with Crippen molar-refractivity contribution in [3.8, 4) is 0 Å². The van der Waals surface area contributed by atoms with Crippen LogP contribution in [0, 0.1) is 5.82 Å². The molecule has 1 heterocycles. The second-order valence-corrected chi connectivity index (χ2v) is 4.61. The molecule has 1 aromatic carbocycles. The van der Waals surface area contributed by atoms with Crippen molar-refractivity contribution in [2.24, 2.45) is 0 Å². The molecule has 1 atom stereocenters. The molecule has 7 heteroatoms. The van der Waals surface area contributed by atoms with Gasteiger partial charge in [0.1, 0.15) is 17.6 Å². The van der Waals surface area contributed by atoms with Crippen molar-refractivity contribution in [2.75, 3.05) is 5.32 Å². The number of hydrogen-bond donors (Lipinski definition) is 3. The van der Waals surface area contributed by atoms with E-state index in [1.165, 1.54) is 30.5 Å². The van der Waals surface area contributed by atoms with E-state index in [9.17, 15) is 14.0 Å². The Morgan fingerprint density at radius 1 is 1.23 bits per heavy atom. The number of carboxylic acid groups (broad SMARTS) is 1. The van der Waals surface area contributed by atoms with Gasteiger partial charge in [0.2, 0.25) is 5.91 Å². The number of amides is 1. The SMILES string of the molecule is O=C(CC(NCc1ccco1)C(=O)O)Nc1ccc(F)cc1. The average molecular weight is 306 g/mol. The maximum absolute atomic E-state index is 12.8. The third-order valence-electron chi connectivity index (χ3n) is 2.92. The van der Waals surface area contributed by atoms with E-state index >= 15 is 0 Å². The monoisotopic (exact) mass is 306 g/mol. The molecule has 2 rings (SSSR count). The van der Waals surface area contributed by atoms with Crippen LogP contribution in [0.2, 0.25) is 0 Å². The van der Waals surface area contributed by atoms with Crippen molar-refractivity contribution in [3.05, 3.63) is 54.2 Å². The number of rotatable bonds is 7. The van der Waals surface area contributed by atoms with Gasteiger partial charge in [-0.25, -0.2) is 4.39 Å². The molecule has 0 aliphatic rings. The summed E-state index contributed by atoms with van der Waals surface area (Å²) in [6, 6.07) is 7.56. The number of aliphatic carboxylic acids is 1. The van der Waals surface area contributed by atoms with Crippen LogP contribution in [-0.4, -0.2) is 23.0 Å². The van der Waals surface area contributed by atoms with E-state index in [0.29, 0.717) is 11.4 Å². The largest absolute Gasteiger partial charge is 0.480 e. The molecule has 6 nitrogen and oxygen atoms in total. The number of halogens is 1. The Labute approximate surface area is 125 Å². The maximum Gasteiger partial charge on any atom is 0.321 e. The Bertz CT molecular complexity index is 626. The first-order valence-electron chi connectivity index (χ1n) is 6.58. The van der Waals surface area contributed by atoms with Gasteiger partial charge in [0.15, 0.2) is 0 Å². The smallest absolute Gasteiger partial charge is 0.321 e. The van der Waals surface area contributed by atoms with E-state index in [1.54, 1.807) is 12.1 Å². The molecular formula is C15H15FN2O4. The first-order chi connectivity index (χ1) is 10.5. The summed E-state index contributed by atoms with van der Waals surface area (Å²) in [5.74, 6) is -1.46. The minimum atomic E-state index is -1.14. The standard InChI is InChI=1S/C15H15FN2O4/c16-10-3-5-11(6-4-10)18-14(19)8-13(15(20)21)17-9-12-2-1-7-22-12/h1-7,13,17H,8-9H2,(H,18,19)(H,20,21). The first kappa shape index (κ1) is 15.7. The topological polar surface area (TPSA) is 91.6 Å². The van der Waals surface area contributed by atoms with Crippen LogP contribution in [0.4, 0.5) is 10.1 Å². The molecule has 1 unspecified atom stereocenters. The summed E-state index contributed by atoms with van der Waals surface area (Å²) in [6.07, 6.45) is 1.22. The van der Waals surface area contributed by atoms with Crippen LogP contribution in [0.25, 0.3) is 0 Å². The van der Waals surface area contributed by atoms with Gasteiger partial charge in [0.05, 0.1) is 19.2 Å². The molecule has 0 saturated heterocycles. The van der Waals surface area contributed by atoms with Gasteiger partial charge >= 0.3 is 5.97 Å². The van der Waals surface area contributed by atoms with Crippen LogP contribution < -0.4 is 10.6 Å². The van der Waals surface area contributed by atoms with Gasteiger partial charge in [-0.2, -0.15) is 0 Å². The summed E-state index contributed by atoms with van der Waals surface area (Å²) in [4.78, 5) is 23.0. The van der Waals surface area contributed by atoms with Gasteiger partial charge in [-0.15, -0.1) is 0 Å². The van der Waals surface area contributed by atoms with Crippen molar-refractivity contribution in [1.29, 1.82) is 0 Å². The summed E-state index contributed by atoms with van der Waals surface area (Å²) in [7, 11) is 0. The second-order valence-electron chi connectivity index (χ2n) is 4.61. The van der Waals surface area contributed by atoms with Gasteiger partial charge in [-0.3, -0.25) is 14.9 Å². The molecule has 116 valence electrons. The van der Waals surface area contributed by atoms with Crippen molar-refractivity contribution >= 4 is 17.6 Å². The number of nitrogens with one attached hydrogen (secondary N) is 2. The Hall–Kier alpha value is -2.67. The molecule has 2 aromatic rings. The molecule has 0 aliphatic heterocycles. The van der Waals surface area contributed by atoms with E-state index < -0.39 is 23.7 Å². The van der Waals surface area contributed by atoms with Crippen LogP contribution in [-0.2, 0) is 16.1 Å². The Morgan fingerprint density at radius 2 is 1.95 bits per heavy atom. The highest BCUT2D eigenvalue weighted by atomic mass is 19.1. The van der Waals surface area contributed by atoms with Crippen LogP contribution in [0.5, 0.6) is 0 Å². The van der Waals surface area contributed by atoms with E-state index in [4.69, 9.17) is 9.52 Å². The van der Waals surface area contributed by atoms with Crippen LogP contribution in [0.3, 0.4) is 0 Å². The van der Waals surface area contributed by atoms with Crippen molar-refractivity contribution in [2.45, 2.75) is 19.0 Å². The predicted molar refractivity (Wildman–Crippen MR) is 76.6 cm³/mol. The zero-order valence-electron chi connectivity index (χ0n) is 11.6. The van der Waals surface area contributed by atoms with Gasteiger partial charge in [-0.1, -0.05) is 0 Å². The molecule has 0 aliphatic carbocycles. The quantitative estimate of drug-likeness (QED) is 0.727. The van der Waals surface area contributed by atoms with Crippen molar-refractivity contribution in [1.82, 2.24) is 5.32 Å². The second kappa shape index (κ2) is 7.37. The fraction of sp³-hybridized carbons (Fsp3) is 0.200. The van der Waals surface area contributed by atoms with Crippen LogP contribution in [0.1, 0.15) is 12.2 Å². The minimum absolute atomic E-state index is 0.202. The lowest BCUT2D eigenvalue weighted by atomic mass is 10.2. The Kier molecular flexibility index (Phi) is 5.26. The first-order valence-corrected chi connectivity index (χ1v) is 6.58. The number of carboxylic acids is 1. The lowest BCUT2D eigenvalue weighted by Gasteiger charge is -2.13. The van der Waals surface area contributed by atoms with Crippen LogP contribution in [0.15, 0.2) is 47.1 Å². The molecule has 22 heavy (non-hydrogen) atoms. The molecule has 0 spiro atoms. The Morgan fingerprint density at radius 3 is 2.55 bits per heavy atom. The highest BCUT2D eigenvalue weighted by Gasteiger charge is 2.21. The van der Waals surface area contributed by atoms with Gasteiger partial charge in [0, 0.05) is 5.69 Å². The summed E-state index contributed by atoms with van der Waals surface area (Å²) in [5, 5.41) is 14.4. The van der Waals surface area contributed by atoms with E-state index in [-0.39, 0.29) is 13.0 Å². The number of carbonyl (C=O) groups is 2. The molecule has 0 saturated carbocycles. The normalized spacial score (nSPS) is 11.9. The maximum atomic E-state index is 12.8. The summed E-state index contributed by atoms with van der Waals surface area (Å²) >= 11 is 0. The van der Waals surface area contributed by atoms with Crippen molar-refractivity contribution in [3.63, 3.8) is 0 Å². The average Bonchev–Trinajstić information content (AvgIpc) is 2.99. The van der Waals surface area contributed by atoms with Gasteiger partial charge in [0.25, 0.3) is 0 Å². The van der Waals surface area contributed by atoms with Crippen LogP contribution >= 0.6 is 0 Å². The molecule has 0 radical (unpaired) electrons. The van der Waals surface area contributed by atoms with E-state index in [2.05, 4.69) is 10.6 Å². The lowest BCUT2D eigenvalue weighted by Crippen LogP contribution is -2.39. The molecule has 0 bridgehead atoms. The van der Waals surface area contributed by atoms with Gasteiger partial charge < -0.3 is 14.8 Å². The number of carbonyl (C=O) groups excluding carboxylic acids is 1. The number of anilines is 1. The fourth-order valence-corrected chi connectivity index (χ4v) is 1.81. The zero-order valence-corrected chi connectivity index (χ0v) is 11.6. The molecule has 3 N–H and O–H groups in total. The minimum Gasteiger partial charge on any atom is -0.480 e. The number of furan rings is 1. The van der Waals surface area contributed by atoms with Gasteiger partial charge in [-0.05, 0) is 36.4 Å². The number of hydrogen-bond acceptors (Lipinski definition) is 4. The lowest BCUT2D eigenvalue weighted by molar-refractivity contribution is -0.141. The summed E-state index contributed by atoms with van der Waals surface area (Å²) < 4.78 is 17.8. The van der Waals surface area contributed by atoms with E-state index in [1.807, 2.05) is 0 Å². The fourth-order valence-electron chi connectivity index (χ4n) is 1.81. The molecule has 1 amide bonds. The highest BCUT2D eigenvalue weighted by molar-refractivity contribution is 5.94.